The number of H-pyrrole nitrogens is 1. The molecule has 1 nitrogen and oxygen atoms in total. The lowest BCUT2D eigenvalue weighted by atomic mass is 9.94. The molecule has 1 heteroatoms. The SMILES string of the molecule is c1c[nH]c(-c2cccc3ccc4cc5ccccc5cc4c23)c1. The zero-order valence-corrected chi connectivity index (χ0v) is 12.6. The summed E-state index contributed by atoms with van der Waals surface area (Å²) in [7, 11) is 0. The van der Waals surface area contributed by atoms with E-state index in [-0.39, 0.29) is 0 Å². The van der Waals surface area contributed by atoms with Gasteiger partial charge in [-0.15, -0.1) is 0 Å². The fraction of sp³-hybridized carbons (Fsp3) is 0. The summed E-state index contributed by atoms with van der Waals surface area (Å²) in [4.78, 5) is 3.35. The first-order chi connectivity index (χ1) is 11.4. The van der Waals surface area contributed by atoms with E-state index < -0.39 is 0 Å². The van der Waals surface area contributed by atoms with Crippen molar-refractivity contribution in [2.24, 2.45) is 0 Å². The van der Waals surface area contributed by atoms with Gasteiger partial charge in [-0.05, 0) is 56.6 Å². The van der Waals surface area contributed by atoms with E-state index in [1.54, 1.807) is 0 Å². The first-order valence-electron chi connectivity index (χ1n) is 7.88. The van der Waals surface area contributed by atoms with Crippen molar-refractivity contribution in [3.63, 3.8) is 0 Å². The molecule has 0 atom stereocenters. The van der Waals surface area contributed by atoms with Gasteiger partial charge in [-0.3, -0.25) is 0 Å². The van der Waals surface area contributed by atoms with Gasteiger partial charge in [0.1, 0.15) is 0 Å². The molecule has 5 rings (SSSR count). The number of aromatic nitrogens is 1. The molecule has 0 amide bonds. The Bertz CT molecular complexity index is 1150. The van der Waals surface area contributed by atoms with Crippen molar-refractivity contribution in [2.75, 3.05) is 0 Å². The second-order valence-corrected chi connectivity index (χ2v) is 5.97. The van der Waals surface area contributed by atoms with Gasteiger partial charge in [0.2, 0.25) is 0 Å². The number of benzene rings is 4. The summed E-state index contributed by atoms with van der Waals surface area (Å²) >= 11 is 0. The summed E-state index contributed by atoms with van der Waals surface area (Å²) in [6, 6.07) is 28.3. The van der Waals surface area contributed by atoms with Crippen LogP contribution in [0.3, 0.4) is 0 Å². The van der Waals surface area contributed by atoms with Crippen LogP contribution in [0.15, 0.2) is 85.1 Å². The van der Waals surface area contributed by atoms with Gasteiger partial charge >= 0.3 is 0 Å². The third kappa shape index (κ3) is 1.87. The van der Waals surface area contributed by atoms with Gasteiger partial charge in [0.05, 0.1) is 0 Å². The fourth-order valence-corrected chi connectivity index (χ4v) is 3.52. The molecule has 0 saturated carbocycles. The summed E-state index contributed by atoms with van der Waals surface area (Å²) in [5, 5.41) is 7.77. The van der Waals surface area contributed by atoms with Crippen molar-refractivity contribution >= 4 is 32.3 Å². The molecule has 4 aromatic carbocycles. The number of rotatable bonds is 1. The second kappa shape index (κ2) is 4.72. The van der Waals surface area contributed by atoms with Crippen molar-refractivity contribution in [3.8, 4) is 11.3 Å². The van der Waals surface area contributed by atoms with Crippen molar-refractivity contribution in [2.45, 2.75) is 0 Å². The molecule has 0 bridgehead atoms. The van der Waals surface area contributed by atoms with E-state index in [2.05, 4.69) is 83.8 Å². The number of nitrogens with one attached hydrogen (secondary N) is 1. The van der Waals surface area contributed by atoms with Crippen LogP contribution in [0.1, 0.15) is 0 Å². The fourth-order valence-electron chi connectivity index (χ4n) is 3.52. The molecule has 1 N–H and O–H groups in total. The first-order valence-corrected chi connectivity index (χ1v) is 7.88. The van der Waals surface area contributed by atoms with Crippen LogP contribution in [0.4, 0.5) is 0 Å². The molecule has 0 radical (unpaired) electrons. The number of fused-ring (bicyclic) bond motifs is 4. The lowest BCUT2D eigenvalue weighted by molar-refractivity contribution is 1.41. The molecule has 0 aliphatic carbocycles. The van der Waals surface area contributed by atoms with E-state index in [4.69, 9.17) is 0 Å². The maximum atomic E-state index is 3.35. The van der Waals surface area contributed by atoms with Crippen molar-refractivity contribution in [1.82, 2.24) is 4.98 Å². The number of hydrogen-bond acceptors (Lipinski definition) is 0. The molecular formula is C22H15N. The minimum Gasteiger partial charge on any atom is -0.361 e. The van der Waals surface area contributed by atoms with E-state index in [0.29, 0.717) is 0 Å². The van der Waals surface area contributed by atoms with E-state index in [0.717, 1.165) is 5.69 Å². The number of hydrogen-bond donors (Lipinski definition) is 1. The quantitative estimate of drug-likeness (QED) is 0.282. The van der Waals surface area contributed by atoms with Gasteiger partial charge < -0.3 is 4.98 Å². The predicted molar refractivity (Wildman–Crippen MR) is 98.7 cm³/mol. The van der Waals surface area contributed by atoms with Gasteiger partial charge in [0.25, 0.3) is 0 Å². The summed E-state index contributed by atoms with van der Waals surface area (Å²) < 4.78 is 0. The molecule has 1 heterocycles. The zero-order valence-electron chi connectivity index (χ0n) is 12.6. The highest BCUT2D eigenvalue weighted by Gasteiger charge is 2.09. The number of aromatic amines is 1. The maximum Gasteiger partial charge on any atom is 0.0460 e. The van der Waals surface area contributed by atoms with Crippen LogP contribution in [0.25, 0.3) is 43.6 Å². The molecule has 23 heavy (non-hydrogen) atoms. The highest BCUT2D eigenvalue weighted by Crippen LogP contribution is 2.35. The molecule has 0 aliphatic heterocycles. The molecule has 0 fully saturated rings. The van der Waals surface area contributed by atoms with Crippen LogP contribution in [0.5, 0.6) is 0 Å². The Morgan fingerprint density at radius 1 is 0.565 bits per heavy atom. The Morgan fingerprint density at radius 3 is 2.17 bits per heavy atom. The Labute approximate surface area is 134 Å². The minimum atomic E-state index is 1.16. The molecule has 0 unspecified atom stereocenters. The monoisotopic (exact) mass is 293 g/mol. The van der Waals surface area contributed by atoms with Crippen LogP contribution in [0, 0.1) is 0 Å². The molecule has 5 aromatic rings. The minimum absolute atomic E-state index is 1.16. The molecule has 1 aromatic heterocycles. The Balaban J connectivity index is 2.00. The maximum absolute atomic E-state index is 3.35. The Kier molecular flexibility index (Phi) is 2.56. The lowest BCUT2D eigenvalue weighted by Crippen LogP contribution is -1.84. The molecular weight excluding hydrogens is 278 g/mol. The van der Waals surface area contributed by atoms with E-state index in [1.165, 1.54) is 37.9 Å². The summed E-state index contributed by atoms with van der Waals surface area (Å²) in [5.41, 5.74) is 2.42. The summed E-state index contributed by atoms with van der Waals surface area (Å²) in [6.45, 7) is 0. The van der Waals surface area contributed by atoms with Gasteiger partial charge in [-0.25, -0.2) is 0 Å². The van der Waals surface area contributed by atoms with E-state index in [1.807, 2.05) is 6.20 Å². The van der Waals surface area contributed by atoms with E-state index >= 15 is 0 Å². The normalized spacial score (nSPS) is 11.5. The standard InChI is InChI=1S/C22H15N/c1-2-6-17-14-20-18(13-16(17)5-1)11-10-15-7-3-8-19(22(15)20)21-9-4-12-23-21/h1-14,23H. The Hall–Kier alpha value is -3.06. The highest BCUT2D eigenvalue weighted by atomic mass is 14.7. The largest absolute Gasteiger partial charge is 0.361 e. The van der Waals surface area contributed by atoms with Gasteiger partial charge in [-0.2, -0.15) is 0 Å². The highest BCUT2D eigenvalue weighted by molar-refractivity contribution is 6.16. The van der Waals surface area contributed by atoms with Crippen LogP contribution in [-0.4, -0.2) is 4.98 Å². The van der Waals surface area contributed by atoms with Crippen molar-refractivity contribution in [3.05, 3.63) is 85.1 Å². The zero-order chi connectivity index (χ0) is 15.2. The average Bonchev–Trinajstić information content (AvgIpc) is 3.14. The molecule has 0 saturated heterocycles. The molecule has 0 aliphatic rings. The predicted octanol–water partition coefficient (Wildman–Crippen LogP) is 6.14. The van der Waals surface area contributed by atoms with Gasteiger partial charge in [0.15, 0.2) is 0 Å². The average molecular weight is 293 g/mol. The van der Waals surface area contributed by atoms with E-state index in [9.17, 15) is 0 Å². The van der Waals surface area contributed by atoms with Gasteiger partial charge in [0, 0.05) is 17.5 Å². The second-order valence-electron chi connectivity index (χ2n) is 5.97. The Morgan fingerprint density at radius 2 is 1.35 bits per heavy atom. The third-order valence-corrected chi connectivity index (χ3v) is 4.61. The molecule has 108 valence electrons. The third-order valence-electron chi connectivity index (χ3n) is 4.61. The summed E-state index contributed by atoms with van der Waals surface area (Å²) in [6.07, 6.45) is 1.98. The topological polar surface area (TPSA) is 15.8 Å². The van der Waals surface area contributed by atoms with Gasteiger partial charge in [-0.1, -0.05) is 54.6 Å². The van der Waals surface area contributed by atoms with Crippen LogP contribution in [-0.2, 0) is 0 Å². The van der Waals surface area contributed by atoms with Crippen LogP contribution < -0.4 is 0 Å². The van der Waals surface area contributed by atoms with Crippen LogP contribution >= 0.6 is 0 Å². The lowest BCUT2D eigenvalue weighted by Gasteiger charge is -2.10. The first kappa shape index (κ1) is 12.5. The van der Waals surface area contributed by atoms with Crippen molar-refractivity contribution in [1.29, 1.82) is 0 Å². The smallest absolute Gasteiger partial charge is 0.0460 e. The van der Waals surface area contributed by atoms with Crippen molar-refractivity contribution < 1.29 is 0 Å². The summed E-state index contributed by atoms with van der Waals surface area (Å²) in [5.74, 6) is 0. The molecule has 0 spiro atoms. The van der Waals surface area contributed by atoms with Crippen LogP contribution in [0.2, 0.25) is 0 Å².